The summed E-state index contributed by atoms with van der Waals surface area (Å²) in [7, 11) is 1.55. The van der Waals surface area contributed by atoms with Crippen LogP contribution < -0.4 is 10.6 Å². The van der Waals surface area contributed by atoms with Gasteiger partial charge in [0.2, 0.25) is 0 Å². The Hall–Kier alpha value is -1.17. The fourth-order valence-electron chi connectivity index (χ4n) is 2.33. The van der Waals surface area contributed by atoms with Gasteiger partial charge in [-0.2, -0.15) is 0 Å². The predicted molar refractivity (Wildman–Crippen MR) is 77.3 cm³/mol. The molecule has 0 aliphatic carbocycles. The van der Waals surface area contributed by atoms with Crippen molar-refractivity contribution in [2.75, 3.05) is 20.2 Å². The van der Waals surface area contributed by atoms with Crippen molar-refractivity contribution in [3.63, 3.8) is 0 Å². The zero-order chi connectivity index (χ0) is 13.7. The summed E-state index contributed by atoms with van der Waals surface area (Å²) in [5, 5.41) is 5.96. The second-order valence-electron chi connectivity index (χ2n) is 4.72. The minimum absolute atomic E-state index is 0. The van der Waals surface area contributed by atoms with Gasteiger partial charge in [0.15, 0.2) is 0 Å². The smallest absolute Gasteiger partial charge is 0.252 e. The van der Waals surface area contributed by atoms with Crippen LogP contribution in [-0.4, -0.2) is 31.7 Å². The van der Waals surface area contributed by atoms with Crippen LogP contribution in [0.25, 0.3) is 0 Å². The molecule has 112 valence electrons. The van der Waals surface area contributed by atoms with Crippen molar-refractivity contribution in [1.82, 2.24) is 10.6 Å². The van der Waals surface area contributed by atoms with Gasteiger partial charge in [0.25, 0.3) is 5.91 Å². The fraction of sp³-hybridized carbons (Fsp3) is 0.500. The molecule has 0 radical (unpaired) electrons. The molecule has 0 bridgehead atoms. The van der Waals surface area contributed by atoms with Crippen molar-refractivity contribution in [3.05, 3.63) is 35.6 Å². The standard InChI is InChI=1S/C14H19FN2O2.ClH/c1-19-14(6-8-16-9-7-14)13(18)17-10-11-4-2-3-5-12(11)15;/h2-5,16H,6-10H2,1H3,(H,17,18);1H. The first kappa shape index (κ1) is 16.9. The van der Waals surface area contributed by atoms with E-state index in [9.17, 15) is 9.18 Å². The molecular weight excluding hydrogens is 283 g/mol. The number of nitrogens with one attached hydrogen (secondary N) is 2. The Morgan fingerprint density at radius 2 is 2.05 bits per heavy atom. The van der Waals surface area contributed by atoms with Gasteiger partial charge in [-0.3, -0.25) is 4.79 Å². The van der Waals surface area contributed by atoms with Crippen LogP contribution in [0.3, 0.4) is 0 Å². The molecule has 1 saturated heterocycles. The molecule has 1 aromatic rings. The van der Waals surface area contributed by atoms with Gasteiger partial charge in [-0.1, -0.05) is 18.2 Å². The highest BCUT2D eigenvalue weighted by molar-refractivity contribution is 5.85. The van der Waals surface area contributed by atoms with E-state index in [1.807, 2.05) is 0 Å². The van der Waals surface area contributed by atoms with E-state index in [2.05, 4.69) is 10.6 Å². The van der Waals surface area contributed by atoms with Crippen molar-refractivity contribution in [2.45, 2.75) is 25.0 Å². The number of methoxy groups -OCH3 is 1. The van der Waals surface area contributed by atoms with Crippen LogP contribution in [0.1, 0.15) is 18.4 Å². The number of amides is 1. The summed E-state index contributed by atoms with van der Waals surface area (Å²) in [5.74, 6) is -0.473. The van der Waals surface area contributed by atoms with Crippen molar-refractivity contribution in [2.24, 2.45) is 0 Å². The van der Waals surface area contributed by atoms with E-state index >= 15 is 0 Å². The maximum Gasteiger partial charge on any atom is 0.252 e. The van der Waals surface area contributed by atoms with Crippen molar-refractivity contribution >= 4 is 18.3 Å². The van der Waals surface area contributed by atoms with Crippen LogP contribution in [0.2, 0.25) is 0 Å². The number of hydrogen-bond acceptors (Lipinski definition) is 3. The highest BCUT2D eigenvalue weighted by atomic mass is 35.5. The maximum absolute atomic E-state index is 13.5. The lowest BCUT2D eigenvalue weighted by Gasteiger charge is -2.34. The molecule has 0 saturated carbocycles. The van der Waals surface area contributed by atoms with Gasteiger partial charge >= 0.3 is 0 Å². The van der Waals surface area contributed by atoms with Crippen LogP contribution >= 0.6 is 12.4 Å². The van der Waals surface area contributed by atoms with Gasteiger partial charge < -0.3 is 15.4 Å². The Bertz CT molecular complexity index is 451. The van der Waals surface area contributed by atoms with Gasteiger partial charge in [0.05, 0.1) is 0 Å². The Morgan fingerprint density at radius 1 is 1.40 bits per heavy atom. The van der Waals surface area contributed by atoms with E-state index in [1.165, 1.54) is 6.07 Å². The largest absolute Gasteiger partial charge is 0.368 e. The highest BCUT2D eigenvalue weighted by Gasteiger charge is 2.39. The van der Waals surface area contributed by atoms with Crippen LogP contribution in [0.4, 0.5) is 4.39 Å². The molecule has 2 rings (SSSR count). The van der Waals surface area contributed by atoms with Gasteiger partial charge in [0, 0.05) is 19.2 Å². The quantitative estimate of drug-likeness (QED) is 0.889. The number of halogens is 2. The summed E-state index contributed by atoms with van der Waals surface area (Å²) < 4.78 is 18.9. The highest BCUT2D eigenvalue weighted by Crippen LogP contribution is 2.22. The molecule has 1 heterocycles. The van der Waals surface area contributed by atoms with Gasteiger partial charge in [0.1, 0.15) is 11.4 Å². The maximum atomic E-state index is 13.5. The first-order chi connectivity index (χ1) is 9.18. The average Bonchev–Trinajstić information content (AvgIpc) is 2.46. The molecule has 0 spiro atoms. The monoisotopic (exact) mass is 302 g/mol. The van der Waals surface area contributed by atoms with Gasteiger partial charge in [-0.25, -0.2) is 4.39 Å². The molecule has 4 nitrogen and oxygen atoms in total. The SMILES string of the molecule is COC1(C(=O)NCc2ccccc2F)CCNCC1.Cl. The first-order valence-corrected chi connectivity index (χ1v) is 6.45. The molecule has 1 aliphatic rings. The number of ether oxygens (including phenoxy) is 1. The number of carbonyl (C=O) groups is 1. The van der Waals surface area contributed by atoms with Crippen LogP contribution in [0, 0.1) is 5.82 Å². The molecule has 1 fully saturated rings. The lowest BCUT2D eigenvalue weighted by atomic mass is 9.91. The second kappa shape index (κ2) is 7.57. The summed E-state index contributed by atoms with van der Waals surface area (Å²) >= 11 is 0. The van der Waals surface area contributed by atoms with E-state index in [4.69, 9.17) is 4.74 Å². The summed E-state index contributed by atoms with van der Waals surface area (Å²) in [6, 6.07) is 6.43. The van der Waals surface area contributed by atoms with E-state index in [1.54, 1.807) is 25.3 Å². The van der Waals surface area contributed by atoms with Gasteiger partial charge in [-0.05, 0) is 32.0 Å². The Morgan fingerprint density at radius 3 is 2.65 bits per heavy atom. The number of piperidine rings is 1. The number of rotatable bonds is 4. The molecular formula is C14H20ClFN2O2. The lowest BCUT2D eigenvalue weighted by molar-refractivity contribution is -0.146. The molecule has 0 aromatic heterocycles. The minimum Gasteiger partial charge on any atom is -0.368 e. The molecule has 1 amide bonds. The molecule has 0 atom stereocenters. The molecule has 20 heavy (non-hydrogen) atoms. The Labute approximate surface area is 124 Å². The van der Waals surface area contributed by atoms with Gasteiger partial charge in [-0.15, -0.1) is 12.4 Å². The zero-order valence-electron chi connectivity index (χ0n) is 11.4. The Balaban J connectivity index is 0.00000200. The predicted octanol–water partition coefficient (Wildman–Crippen LogP) is 1.63. The van der Waals surface area contributed by atoms with Crippen LogP contribution in [-0.2, 0) is 16.1 Å². The van der Waals surface area contributed by atoms with E-state index in [0.29, 0.717) is 18.4 Å². The Kier molecular flexibility index (Phi) is 6.39. The lowest BCUT2D eigenvalue weighted by Crippen LogP contribution is -2.53. The van der Waals surface area contributed by atoms with Crippen LogP contribution in [0.5, 0.6) is 0 Å². The number of hydrogen-bond donors (Lipinski definition) is 2. The summed E-state index contributed by atoms with van der Waals surface area (Å²) in [6.45, 7) is 1.69. The third kappa shape index (κ3) is 3.69. The minimum atomic E-state index is -0.781. The third-order valence-corrected chi connectivity index (χ3v) is 3.61. The average molecular weight is 303 g/mol. The van der Waals surface area contributed by atoms with Crippen molar-refractivity contribution in [1.29, 1.82) is 0 Å². The second-order valence-corrected chi connectivity index (χ2v) is 4.72. The van der Waals surface area contributed by atoms with Crippen LogP contribution in [0.15, 0.2) is 24.3 Å². The number of carbonyl (C=O) groups excluding carboxylic acids is 1. The van der Waals surface area contributed by atoms with Crippen molar-refractivity contribution < 1.29 is 13.9 Å². The molecule has 2 N–H and O–H groups in total. The topological polar surface area (TPSA) is 50.4 Å². The van der Waals surface area contributed by atoms with E-state index in [-0.39, 0.29) is 30.7 Å². The summed E-state index contributed by atoms with van der Waals surface area (Å²) in [6.07, 6.45) is 1.26. The summed E-state index contributed by atoms with van der Waals surface area (Å²) in [4.78, 5) is 12.2. The van der Waals surface area contributed by atoms with E-state index in [0.717, 1.165) is 13.1 Å². The molecule has 1 aliphatic heterocycles. The molecule has 6 heteroatoms. The molecule has 0 unspecified atom stereocenters. The fourth-order valence-corrected chi connectivity index (χ4v) is 2.33. The zero-order valence-corrected chi connectivity index (χ0v) is 12.3. The first-order valence-electron chi connectivity index (χ1n) is 6.45. The van der Waals surface area contributed by atoms with E-state index < -0.39 is 5.60 Å². The summed E-state index contributed by atoms with van der Waals surface area (Å²) in [5.41, 5.74) is -0.299. The number of benzene rings is 1. The third-order valence-electron chi connectivity index (χ3n) is 3.61. The van der Waals surface area contributed by atoms with Crippen molar-refractivity contribution in [3.8, 4) is 0 Å². The normalized spacial score (nSPS) is 17.1. The molecule has 1 aromatic carbocycles.